The highest BCUT2D eigenvalue weighted by Crippen LogP contribution is 2.31. The van der Waals surface area contributed by atoms with Crippen LogP contribution in [-0.4, -0.2) is 125 Å². The fourth-order valence-corrected chi connectivity index (χ4v) is 11.2. The zero-order valence-electron chi connectivity index (χ0n) is 61.7. The Kier molecular flexibility index (Phi) is 26.3. The van der Waals surface area contributed by atoms with E-state index in [2.05, 4.69) is 78.3 Å². The van der Waals surface area contributed by atoms with Gasteiger partial charge in [0.2, 0.25) is 11.4 Å². The van der Waals surface area contributed by atoms with E-state index in [4.69, 9.17) is 12.2 Å². The van der Waals surface area contributed by atoms with E-state index < -0.39 is 29.6 Å². The number of thiocarbonyl (C=S) groups is 1. The Morgan fingerprint density at radius 1 is 0.438 bits per heavy atom. The molecule has 2 aromatic heterocycles. The summed E-state index contributed by atoms with van der Waals surface area (Å²) < 4.78 is 3.37. The average Bonchev–Trinajstić information content (AvgIpc) is 1.37. The molecule has 0 unspecified atom stereocenters. The lowest BCUT2D eigenvalue weighted by molar-refractivity contribution is -0.557. The number of benzene rings is 6. The summed E-state index contributed by atoms with van der Waals surface area (Å²) in [5.74, 6) is -1.54. The van der Waals surface area contributed by atoms with Crippen LogP contribution in [0.1, 0.15) is 32.6 Å². The molecule has 8 aliphatic rings. The van der Waals surface area contributed by atoms with E-state index in [0.717, 1.165) is 28.6 Å². The number of hydrogen-bond acceptors (Lipinski definition) is 17. The van der Waals surface area contributed by atoms with Crippen molar-refractivity contribution in [2.24, 2.45) is 15.4 Å². The minimum Gasteiger partial charge on any atom is -0.312 e. The number of nitrogens with zero attached hydrogens (tertiary/aromatic N) is 14. The Morgan fingerprint density at radius 2 is 0.857 bits per heavy atom. The molecule has 16 rings (SSSR count). The standard InChI is InChI=1S/C16H12N2O2.C11H10N2O.C10H8N2O2.C10H8N2O.C10H7NO2.C9H12N2O2S.2C9H9N2O.H2/c1-12-15(19)17(13-8-4-2-5-9-13)18(16(12)20)14-10-6-3-7-11-14;1-8-9(2)12-13(11(8)14)10-6-4-3-5-7-10;1-7-9(13)11-12(10(7)14)8-5-3-2-4-6-8;1-8-7-11-12(10(8)13)9-5-3-2-4-6-9;1-7-9(11-13-10(7)12)8-5-3-2-4-6-8;1-4-10-7(12)6(3)8(13)11(5-2)9(10)14;1-7-9(12)10(2)8-5-3-4-6-11(7)8;1-7-9(12)11-6-4-3-5-8(11)10(7)2;/h2-11H,1H2;3-7H,1H2,2H3;2-6H,1H2,(H,11,13);2-7H,1H2;2-6H,1H2;3-5H2,1-2H3;2*3-6H,1H2,2H3;1H/q;;;;;;2*+1;. The SMILES string of the molecule is C=C1C(=O)N(C)c2cccc[n+]21.C=C1C(=O)N(CC)C(=S)N(CC)C1=O.C=C1C(=O)N(c2ccccc2)N(c2ccccc2)C1=O.C=C1C(=O)N(c2ccccc2)N=C1C.C=C1C(=O)NN(c2ccccc2)C1=O.C=C1C(=O)ON=C1c1ccccc1.C=C1C(=O)[n+]2ccccc2N1C.C=C1C=NN(c2ccccc2)C1=O.[HH]. The van der Waals surface area contributed by atoms with Gasteiger partial charge in [0, 0.05) is 32.2 Å². The summed E-state index contributed by atoms with van der Waals surface area (Å²) in [5, 5.41) is 18.5. The van der Waals surface area contributed by atoms with Crippen molar-refractivity contribution in [2.45, 2.75) is 20.8 Å². The number of rotatable bonds is 8. The van der Waals surface area contributed by atoms with Gasteiger partial charge in [-0.1, -0.05) is 178 Å². The first-order valence-corrected chi connectivity index (χ1v) is 34.6. The normalized spacial score (nSPS) is 15.8. The number of anilines is 7. The highest BCUT2D eigenvalue weighted by atomic mass is 32.1. The lowest BCUT2D eigenvalue weighted by Gasteiger charge is -2.34. The lowest BCUT2D eigenvalue weighted by atomic mass is 10.1. The molecule has 8 aromatic rings. The lowest BCUT2D eigenvalue weighted by Crippen LogP contribution is -2.55. The molecule has 27 nitrogen and oxygen atoms in total. The largest absolute Gasteiger partial charge is 0.384 e. The molecule has 3 fully saturated rings. The first kappa shape index (κ1) is 80.9. The van der Waals surface area contributed by atoms with Crippen molar-refractivity contribution in [1.82, 2.24) is 15.2 Å². The highest BCUT2D eigenvalue weighted by Gasteiger charge is 2.43. The third kappa shape index (κ3) is 17.7. The van der Waals surface area contributed by atoms with Crippen LogP contribution in [0.25, 0.3) is 5.70 Å². The highest BCUT2D eigenvalue weighted by molar-refractivity contribution is 7.80. The average molecular weight is 1520 g/mol. The van der Waals surface area contributed by atoms with Gasteiger partial charge in [-0.05, 0) is 119 Å². The number of allylic oxidation sites excluding steroid dienone is 1. The fraction of sp³-hybridized carbons (Fsp3) is 0.0833. The fourth-order valence-electron chi connectivity index (χ4n) is 10.8. The van der Waals surface area contributed by atoms with Gasteiger partial charge < -0.3 is 4.84 Å². The molecule has 564 valence electrons. The van der Waals surface area contributed by atoms with Crippen LogP contribution >= 0.6 is 12.2 Å². The number of likely N-dealkylation sites (N-methyl/N-ethyl adjacent to an activating group) is 4. The summed E-state index contributed by atoms with van der Waals surface area (Å²) in [6.07, 6.45) is 5.04. The third-order valence-electron chi connectivity index (χ3n) is 17.0. The van der Waals surface area contributed by atoms with E-state index in [1.54, 1.807) is 101 Å². The van der Waals surface area contributed by atoms with E-state index in [0.29, 0.717) is 69.7 Å². The summed E-state index contributed by atoms with van der Waals surface area (Å²) in [4.78, 5) is 137. The first-order valence-electron chi connectivity index (χ1n) is 34.2. The molecule has 10 heterocycles. The summed E-state index contributed by atoms with van der Waals surface area (Å²) in [5.41, 5.74) is 10.0. The van der Waals surface area contributed by atoms with Gasteiger partial charge in [-0.2, -0.15) is 34.3 Å². The zero-order chi connectivity index (χ0) is 81.2. The number of aromatic nitrogens is 2. The van der Waals surface area contributed by atoms with Crippen molar-refractivity contribution < 1.29 is 68.1 Å². The molecule has 6 aromatic carbocycles. The van der Waals surface area contributed by atoms with E-state index in [-0.39, 0.29) is 58.7 Å². The maximum absolute atomic E-state index is 12.3. The topological polar surface area (TPSA) is 283 Å². The van der Waals surface area contributed by atoms with Crippen molar-refractivity contribution in [3.8, 4) is 0 Å². The Hall–Kier alpha value is -15.2. The van der Waals surface area contributed by atoms with E-state index >= 15 is 0 Å². The predicted molar refractivity (Wildman–Crippen MR) is 433 cm³/mol. The molecule has 9 amide bonds. The second-order valence-electron chi connectivity index (χ2n) is 24.1. The van der Waals surface area contributed by atoms with Gasteiger partial charge in [0.15, 0.2) is 5.11 Å². The van der Waals surface area contributed by atoms with E-state index in [9.17, 15) is 52.7 Å². The Morgan fingerprint density at radius 3 is 1.25 bits per heavy atom. The van der Waals surface area contributed by atoms with Gasteiger partial charge >= 0.3 is 17.8 Å². The third-order valence-corrected chi connectivity index (χ3v) is 17.4. The summed E-state index contributed by atoms with van der Waals surface area (Å²) in [6.45, 7) is 35.0. The molecule has 1 N–H and O–H groups in total. The molecular formula is C84H77N15O12S+2. The van der Waals surface area contributed by atoms with Gasteiger partial charge in [-0.25, -0.2) is 34.3 Å². The Balaban J connectivity index is 0.000000162. The molecule has 3 saturated heterocycles. The number of hydrazine groups is 2. The Bertz CT molecular complexity index is 5150. The summed E-state index contributed by atoms with van der Waals surface area (Å²) in [6, 6.07) is 66.2. The van der Waals surface area contributed by atoms with Crippen molar-refractivity contribution in [3.63, 3.8) is 0 Å². The van der Waals surface area contributed by atoms with Gasteiger partial charge in [0.25, 0.3) is 58.9 Å². The molecule has 8 aliphatic heterocycles. The number of pyridine rings is 2. The van der Waals surface area contributed by atoms with Crippen LogP contribution in [0, 0.1) is 0 Å². The van der Waals surface area contributed by atoms with Crippen LogP contribution < -0.4 is 49.4 Å². The number of hydrogen-bond donors (Lipinski definition) is 1. The van der Waals surface area contributed by atoms with Gasteiger partial charge in [0.05, 0.1) is 89.1 Å². The molecule has 0 aliphatic carbocycles. The van der Waals surface area contributed by atoms with Crippen molar-refractivity contribution in [1.29, 1.82) is 0 Å². The van der Waals surface area contributed by atoms with Crippen molar-refractivity contribution in [3.05, 3.63) is 328 Å². The van der Waals surface area contributed by atoms with Crippen LogP contribution in [0.5, 0.6) is 0 Å². The van der Waals surface area contributed by atoms with Crippen LogP contribution in [0.15, 0.2) is 338 Å². The zero-order valence-corrected chi connectivity index (χ0v) is 62.5. The molecule has 0 atom stereocenters. The quantitative estimate of drug-likeness (QED) is 0.0487. The number of para-hydroxylation sites is 5. The number of fused-ring (bicyclic) bond motifs is 2. The molecular weight excluding hydrogens is 1440 g/mol. The van der Waals surface area contributed by atoms with Crippen LogP contribution in [0.4, 0.5) is 40.1 Å². The van der Waals surface area contributed by atoms with Crippen molar-refractivity contribution in [2.75, 3.05) is 62.0 Å². The predicted octanol–water partition coefficient (Wildman–Crippen LogP) is 9.99. The maximum Gasteiger partial charge on any atom is 0.384 e. The molecule has 28 heteroatoms. The van der Waals surface area contributed by atoms with Crippen molar-refractivity contribution >= 4 is 146 Å². The number of carbonyl (C=O) groups excluding carboxylic acids is 11. The molecule has 112 heavy (non-hydrogen) atoms. The monoisotopic (exact) mass is 1520 g/mol. The smallest absolute Gasteiger partial charge is 0.312 e. The van der Waals surface area contributed by atoms with Gasteiger partial charge in [0.1, 0.15) is 16.9 Å². The number of amides is 9. The second kappa shape index (κ2) is 36.4. The second-order valence-corrected chi connectivity index (χ2v) is 24.5. The van der Waals surface area contributed by atoms with Crippen LogP contribution in [0.3, 0.4) is 0 Å². The van der Waals surface area contributed by atoms with Gasteiger partial charge in [-0.15, -0.1) is 0 Å². The van der Waals surface area contributed by atoms with Crippen LogP contribution in [0.2, 0.25) is 0 Å². The number of hydrazone groups is 2. The Labute approximate surface area is 652 Å². The maximum atomic E-state index is 12.3. The number of carbonyl (C=O) groups is 11. The summed E-state index contributed by atoms with van der Waals surface area (Å²) in [7, 11) is 3.57. The molecule has 0 saturated carbocycles. The minimum absolute atomic E-state index is 0. The van der Waals surface area contributed by atoms with E-state index in [1.165, 1.54) is 41.1 Å². The minimum atomic E-state index is -0.473. The van der Waals surface area contributed by atoms with Gasteiger partial charge in [-0.3, -0.25) is 53.6 Å². The molecule has 0 spiro atoms. The summed E-state index contributed by atoms with van der Waals surface area (Å²) >= 11 is 5.02. The van der Waals surface area contributed by atoms with Crippen LogP contribution in [-0.2, 0) is 52.8 Å². The number of oxime groups is 1. The molecule has 0 radical (unpaired) electrons. The number of nitrogens with one attached hydrogen (secondary N) is 1. The molecule has 0 bridgehead atoms. The first-order chi connectivity index (χ1) is 53.6. The van der Waals surface area contributed by atoms with E-state index in [1.807, 2.05) is 183 Å².